The fourth-order valence-corrected chi connectivity index (χ4v) is 1.70. The average molecular weight is 205 g/mol. The topological polar surface area (TPSA) is 54.0 Å². The van der Waals surface area contributed by atoms with Crippen LogP contribution in [0, 0.1) is 0 Å². The van der Waals surface area contributed by atoms with Crippen molar-refractivity contribution < 1.29 is 4.79 Å². The minimum Gasteiger partial charge on any atom is -0.335 e. The lowest BCUT2D eigenvalue weighted by atomic mass is 10.1. The van der Waals surface area contributed by atoms with Crippen LogP contribution in [0.25, 0.3) is 0 Å². The molecule has 4 heteroatoms. The Hall–Kier alpha value is -1.42. The van der Waals surface area contributed by atoms with E-state index in [1.165, 1.54) is 12.8 Å². The van der Waals surface area contributed by atoms with Crippen LogP contribution in [-0.2, 0) is 0 Å². The fraction of sp³-hybridized carbons (Fsp3) is 0.455. The van der Waals surface area contributed by atoms with Crippen molar-refractivity contribution in [3.8, 4) is 0 Å². The Morgan fingerprint density at radius 2 is 2.40 bits per heavy atom. The summed E-state index contributed by atoms with van der Waals surface area (Å²) in [6.45, 7) is 0.979. The van der Waals surface area contributed by atoms with E-state index in [4.69, 9.17) is 0 Å². The van der Waals surface area contributed by atoms with Crippen molar-refractivity contribution in [2.24, 2.45) is 0 Å². The van der Waals surface area contributed by atoms with Gasteiger partial charge in [0, 0.05) is 6.20 Å². The molecule has 1 aromatic rings. The maximum atomic E-state index is 11.7. The van der Waals surface area contributed by atoms with Gasteiger partial charge < -0.3 is 5.32 Å². The van der Waals surface area contributed by atoms with Crippen LogP contribution < -0.4 is 10.6 Å². The van der Waals surface area contributed by atoms with E-state index in [0.717, 1.165) is 13.0 Å². The van der Waals surface area contributed by atoms with Crippen LogP contribution in [0.3, 0.4) is 0 Å². The van der Waals surface area contributed by atoms with Gasteiger partial charge in [-0.3, -0.25) is 15.1 Å². The first-order valence-corrected chi connectivity index (χ1v) is 5.31. The maximum Gasteiger partial charge on any atom is 0.271 e. The molecule has 1 saturated heterocycles. The van der Waals surface area contributed by atoms with Crippen LogP contribution in [0.2, 0.25) is 0 Å². The monoisotopic (exact) mass is 205 g/mol. The number of hydrogen-bond acceptors (Lipinski definition) is 3. The molecule has 2 heterocycles. The summed E-state index contributed by atoms with van der Waals surface area (Å²) in [6.07, 6.45) is 5.09. The van der Waals surface area contributed by atoms with E-state index in [9.17, 15) is 4.79 Å². The normalized spacial score (nSPS) is 20.9. The van der Waals surface area contributed by atoms with E-state index in [0.29, 0.717) is 5.69 Å². The van der Waals surface area contributed by atoms with E-state index in [1.54, 1.807) is 18.3 Å². The molecule has 1 atom stereocenters. The first-order chi connectivity index (χ1) is 7.36. The molecule has 1 aliphatic rings. The second kappa shape index (κ2) is 4.89. The molecule has 2 rings (SSSR count). The molecule has 15 heavy (non-hydrogen) atoms. The van der Waals surface area contributed by atoms with Crippen LogP contribution in [0.4, 0.5) is 0 Å². The lowest BCUT2D eigenvalue weighted by Gasteiger charge is -2.24. The highest BCUT2D eigenvalue weighted by Crippen LogP contribution is 2.05. The minimum absolute atomic E-state index is 0.102. The zero-order chi connectivity index (χ0) is 10.5. The number of piperidine rings is 1. The zero-order valence-corrected chi connectivity index (χ0v) is 8.57. The number of nitrogens with one attached hydrogen (secondary N) is 2. The van der Waals surface area contributed by atoms with E-state index in [1.807, 2.05) is 6.07 Å². The van der Waals surface area contributed by atoms with Crippen molar-refractivity contribution in [1.82, 2.24) is 15.6 Å². The lowest BCUT2D eigenvalue weighted by Crippen LogP contribution is -2.47. The lowest BCUT2D eigenvalue weighted by molar-refractivity contribution is 0.0916. The van der Waals surface area contributed by atoms with Crippen LogP contribution in [0.5, 0.6) is 0 Å². The number of nitrogens with zero attached hydrogens (tertiary/aromatic N) is 1. The van der Waals surface area contributed by atoms with Crippen LogP contribution in [-0.4, -0.2) is 23.6 Å². The molecule has 0 spiro atoms. The third-order valence-electron chi connectivity index (χ3n) is 2.51. The molecule has 1 unspecified atom stereocenters. The van der Waals surface area contributed by atoms with Gasteiger partial charge in [-0.2, -0.15) is 0 Å². The molecule has 1 aromatic heterocycles. The third kappa shape index (κ3) is 2.76. The molecule has 4 nitrogen and oxygen atoms in total. The summed E-state index contributed by atoms with van der Waals surface area (Å²) >= 11 is 0. The quantitative estimate of drug-likeness (QED) is 0.754. The summed E-state index contributed by atoms with van der Waals surface area (Å²) in [4.78, 5) is 15.7. The molecular formula is C11H15N3O. The number of hydrogen-bond donors (Lipinski definition) is 2. The van der Waals surface area contributed by atoms with Gasteiger partial charge in [0.2, 0.25) is 0 Å². The summed E-state index contributed by atoms with van der Waals surface area (Å²) in [7, 11) is 0. The number of amides is 1. The second-order valence-corrected chi connectivity index (χ2v) is 3.69. The summed E-state index contributed by atoms with van der Waals surface area (Å²) < 4.78 is 0. The van der Waals surface area contributed by atoms with E-state index < -0.39 is 0 Å². The highest BCUT2D eigenvalue weighted by molar-refractivity contribution is 5.92. The molecule has 0 bridgehead atoms. The van der Waals surface area contributed by atoms with Gasteiger partial charge in [0.25, 0.3) is 5.91 Å². The number of aromatic nitrogens is 1. The van der Waals surface area contributed by atoms with Gasteiger partial charge in [-0.1, -0.05) is 6.07 Å². The summed E-state index contributed by atoms with van der Waals surface area (Å²) in [5.74, 6) is -0.102. The molecule has 80 valence electrons. The van der Waals surface area contributed by atoms with Gasteiger partial charge >= 0.3 is 0 Å². The van der Waals surface area contributed by atoms with Crippen molar-refractivity contribution in [2.75, 3.05) is 6.54 Å². The van der Waals surface area contributed by atoms with Crippen molar-refractivity contribution in [2.45, 2.75) is 25.4 Å². The third-order valence-corrected chi connectivity index (χ3v) is 2.51. The second-order valence-electron chi connectivity index (χ2n) is 3.69. The highest BCUT2D eigenvalue weighted by atomic mass is 16.2. The van der Waals surface area contributed by atoms with E-state index >= 15 is 0 Å². The number of carbonyl (C=O) groups excluding carboxylic acids is 1. The molecule has 0 saturated carbocycles. The summed E-state index contributed by atoms with van der Waals surface area (Å²) in [5.41, 5.74) is 0.477. The molecular weight excluding hydrogens is 190 g/mol. The van der Waals surface area contributed by atoms with Crippen LogP contribution >= 0.6 is 0 Å². The van der Waals surface area contributed by atoms with E-state index in [2.05, 4.69) is 15.6 Å². The van der Waals surface area contributed by atoms with Crippen molar-refractivity contribution in [1.29, 1.82) is 0 Å². The average Bonchev–Trinajstić information content (AvgIpc) is 2.31. The maximum absolute atomic E-state index is 11.7. The van der Waals surface area contributed by atoms with Gasteiger partial charge in [-0.25, -0.2) is 0 Å². The van der Waals surface area contributed by atoms with Gasteiger partial charge in [-0.05, 0) is 37.9 Å². The Kier molecular flexibility index (Phi) is 3.29. The Bertz CT molecular complexity index is 320. The van der Waals surface area contributed by atoms with Crippen molar-refractivity contribution >= 4 is 5.91 Å². The smallest absolute Gasteiger partial charge is 0.271 e. The first-order valence-electron chi connectivity index (χ1n) is 5.31. The minimum atomic E-state index is -0.102. The van der Waals surface area contributed by atoms with Gasteiger partial charge in [0.1, 0.15) is 5.69 Å². The largest absolute Gasteiger partial charge is 0.335 e. The van der Waals surface area contributed by atoms with Crippen LogP contribution in [0.15, 0.2) is 24.4 Å². The molecule has 0 aromatic carbocycles. The number of rotatable bonds is 2. The van der Waals surface area contributed by atoms with Gasteiger partial charge in [0.05, 0.1) is 6.17 Å². The summed E-state index contributed by atoms with van der Waals surface area (Å²) in [5, 5.41) is 6.18. The van der Waals surface area contributed by atoms with E-state index in [-0.39, 0.29) is 12.1 Å². The highest BCUT2D eigenvalue weighted by Gasteiger charge is 2.15. The predicted molar refractivity (Wildman–Crippen MR) is 57.3 cm³/mol. The Morgan fingerprint density at radius 3 is 3.07 bits per heavy atom. The van der Waals surface area contributed by atoms with Gasteiger partial charge in [-0.15, -0.1) is 0 Å². The Morgan fingerprint density at radius 1 is 1.47 bits per heavy atom. The standard InChI is InChI=1S/C11H15N3O/c15-11(9-5-1-3-7-12-9)14-10-6-2-4-8-13-10/h1,3,5,7,10,13H,2,4,6,8H2,(H,14,15). The fourth-order valence-electron chi connectivity index (χ4n) is 1.70. The molecule has 1 fully saturated rings. The molecule has 0 radical (unpaired) electrons. The molecule has 1 aliphatic heterocycles. The first kappa shape index (κ1) is 10.1. The SMILES string of the molecule is O=C(NC1CCCCN1)c1ccccn1. The Balaban J connectivity index is 1.91. The zero-order valence-electron chi connectivity index (χ0n) is 8.57. The predicted octanol–water partition coefficient (Wildman–Crippen LogP) is 0.911. The van der Waals surface area contributed by atoms with Crippen molar-refractivity contribution in [3.05, 3.63) is 30.1 Å². The van der Waals surface area contributed by atoms with Gasteiger partial charge in [0.15, 0.2) is 0 Å². The Labute approximate surface area is 89.1 Å². The number of carbonyl (C=O) groups is 1. The number of pyridine rings is 1. The molecule has 0 aliphatic carbocycles. The molecule has 2 N–H and O–H groups in total. The summed E-state index contributed by atoms with van der Waals surface area (Å²) in [6, 6.07) is 5.34. The van der Waals surface area contributed by atoms with Crippen molar-refractivity contribution in [3.63, 3.8) is 0 Å². The molecule has 1 amide bonds. The van der Waals surface area contributed by atoms with Crippen LogP contribution in [0.1, 0.15) is 29.8 Å².